The number of carbonyl (C=O) groups excluding carboxylic acids is 1. The molecule has 0 atom stereocenters. The van der Waals surface area contributed by atoms with Gasteiger partial charge in [-0.3, -0.25) is 9.89 Å². The molecule has 94 valence electrons. The van der Waals surface area contributed by atoms with Crippen molar-refractivity contribution in [2.45, 2.75) is 6.54 Å². The third-order valence-electron chi connectivity index (χ3n) is 2.37. The molecular formula is C11H10BrFN4O. The van der Waals surface area contributed by atoms with Crippen molar-refractivity contribution in [1.29, 1.82) is 0 Å². The maximum atomic E-state index is 12.9. The summed E-state index contributed by atoms with van der Waals surface area (Å²) in [7, 11) is 0. The van der Waals surface area contributed by atoms with Crippen molar-refractivity contribution < 1.29 is 9.18 Å². The number of amides is 1. The lowest BCUT2D eigenvalue weighted by Gasteiger charge is -2.06. The van der Waals surface area contributed by atoms with Gasteiger partial charge in [0.15, 0.2) is 0 Å². The molecule has 5 nitrogen and oxygen atoms in total. The third-order valence-corrected chi connectivity index (χ3v) is 3.02. The minimum atomic E-state index is -0.405. The summed E-state index contributed by atoms with van der Waals surface area (Å²) in [6, 6.07) is 3.88. The van der Waals surface area contributed by atoms with Gasteiger partial charge >= 0.3 is 0 Å². The fourth-order valence-electron chi connectivity index (χ4n) is 1.41. The monoisotopic (exact) mass is 312 g/mol. The number of aromatic nitrogens is 2. The van der Waals surface area contributed by atoms with Gasteiger partial charge in [0.25, 0.3) is 5.91 Å². The van der Waals surface area contributed by atoms with Crippen LogP contribution in [0.15, 0.2) is 28.9 Å². The second-order valence-electron chi connectivity index (χ2n) is 3.62. The van der Waals surface area contributed by atoms with Crippen molar-refractivity contribution in [2.75, 3.05) is 5.73 Å². The first-order valence-corrected chi connectivity index (χ1v) is 5.88. The molecule has 1 heterocycles. The molecule has 2 rings (SSSR count). The summed E-state index contributed by atoms with van der Waals surface area (Å²) in [6.45, 7) is 0.255. The summed E-state index contributed by atoms with van der Waals surface area (Å²) in [5, 5.41) is 8.98. The minimum Gasteiger partial charge on any atom is -0.384 e. The Kier molecular flexibility index (Phi) is 3.61. The molecule has 0 aliphatic carbocycles. The highest BCUT2D eigenvalue weighted by atomic mass is 79.9. The molecule has 2 aromatic rings. The first-order valence-electron chi connectivity index (χ1n) is 5.09. The van der Waals surface area contributed by atoms with Gasteiger partial charge in [-0.25, -0.2) is 4.39 Å². The zero-order valence-electron chi connectivity index (χ0n) is 9.21. The molecule has 0 unspecified atom stereocenters. The first-order chi connectivity index (χ1) is 8.58. The van der Waals surface area contributed by atoms with Gasteiger partial charge in [0, 0.05) is 16.6 Å². The van der Waals surface area contributed by atoms with Crippen LogP contribution in [0.5, 0.6) is 0 Å². The Morgan fingerprint density at radius 1 is 1.56 bits per heavy atom. The Bertz CT molecular complexity index is 584. The number of nitrogens with one attached hydrogen (secondary N) is 2. The van der Waals surface area contributed by atoms with Crippen molar-refractivity contribution in [3.63, 3.8) is 0 Å². The lowest BCUT2D eigenvalue weighted by molar-refractivity contribution is 0.0950. The molecule has 0 bridgehead atoms. The van der Waals surface area contributed by atoms with Crippen LogP contribution in [0.25, 0.3) is 0 Å². The van der Waals surface area contributed by atoms with E-state index >= 15 is 0 Å². The van der Waals surface area contributed by atoms with E-state index in [1.54, 1.807) is 0 Å². The minimum absolute atomic E-state index is 0.255. The number of H-pyrrole nitrogens is 1. The fourth-order valence-corrected chi connectivity index (χ4v) is 1.94. The number of halogens is 2. The molecule has 0 saturated carbocycles. The Labute approximate surface area is 111 Å². The largest absolute Gasteiger partial charge is 0.384 e. The molecule has 0 fully saturated rings. The number of aromatic amines is 1. The lowest BCUT2D eigenvalue weighted by Crippen LogP contribution is -2.23. The molecular weight excluding hydrogens is 303 g/mol. The highest BCUT2D eigenvalue weighted by Gasteiger charge is 2.11. The molecule has 0 aliphatic heterocycles. The Hall–Kier alpha value is -1.89. The van der Waals surface area contributed by atoms with Crippen LogP contribution in [0.4, 0.5) is 10.2 Å². The van der Waals surface area contributed by atoms with E-state index in [0.29, 0.717) is 21.4 Å². The van der Waals surface area contributed by atoms with Gasteiger partial charge in [0.05, 0.1) is 11.8 Å². The average molecular weight is 313 g/mol. The quantitative estimate of drug-likeness (QED) is 0.808. The molecule has 7 heteroatoms. The first kappa shape index (κ1) is 12.6. The van der Waals surface area contributed by atoms with Gasteiger partial charge in [0.1, 0.15) is 11.6 Å². The Balaban J connectivity index is 2.06. The SMILES string of the molecule is Nc1[nH]ncc1CNC(=O)c1ccc(F)cc1Br. The summed E-state index contributed by atoms with van der Waals surface area (Å²) in [5.41, 5.74) is 6.64. The molecule has 0 spiro atoms. The summed E-state index contributed by atoms with van der Waals surface area (Å²) >= 11 is 3.14. The van der Waals surface area contributed by atoms with Crippen LogP contribution in [0.2, 0.25) is 0 Å². The highest BCUT2D eigenvalue weighted by molar-refractivity contribution is 9.10. The highest BCUT2D eigenvalue weighted by Crippen LogP contribution is 2.18. The van der Waals surface area contributed by atoms with Gasteiger partial charge in [-0.2, -0.15) is 5.10 Å². The fraction of sp³-hybridized carbons (Fsp3) is 0.0909. The van der Waals surface area contributed by atoms with Gasteiger partial charge in [0.2, 0.25) is 0 Å². The van der Waals surface area contributed by atoms with Crippen molar-refractivity contribution in [2.24, 2.45) is 0 Å². The molecule has 1 aromatic heterocycles. The number of anilines is 1. The van der Waals surface area contributed by atoms with Crippen LogP contribution in [0.1, 0.15) is 15.9 Å². The van der Waals surface area contributed by atoms with E-state index in [4.69, 9.17) is 5.73 Å². The zero-order chi connectivity index (χ0) is 13.1. The van der Waals surface area contributed by atoms with E-state index in [1.807, 2.05) is 0 Å². The van der Waals surface area contributed by atoms with Crippen LogP contribution < -0.4 is 11.1 Å². The molecule has 0 radical (unpaired) electrons. The average Bonchev–Trinajstić information content (AvgIpc) is 2.72. The summed E-state index contributed by atoms with van der Waals surface area (Å²) in [4.78, 5) is 11.8. The summed E-state index contributed by atoms with van der Waals surface area (Å²) < 4.78 is 13.3. The van der Waals surface area contributed by atoms with E-state index in [1.165, 1.54) is 24.4 Å². The molecule has 1 amide bonds. The third kappa shape index (κ3) is 2.67. The van der Waals surface area contributed by atoms with E-state index in [-0.39, 0.29) is 12.5 Å². The van der Waals surface area contributed by atoms with Crippen LogP contribution in [-0.4, -0.2) is 16.1 Å². The van der Waals surface area contributed by atoms with Crippen LogP contribution in [-0.2, 0) is 6.54 Å². The number of rotatable bonds is 3. The summed E-state index contributed by atoms with van der Waals surface area (Å²) in [6.07, 6.45) is 1.54. The Morgan fingerprint density at radius 2 is 2.33 bits per heavy atom. The predicted octanol–water partition coefficient (Wildman–Crippen LogP) is 1.82. The maximum Gasteiger partial charge on any atom is 0.252 e. The molecule has 4 N–H and O–H groups in total. The predicted molar refractivity (Wildman–Crippen MR) is 68.3 cm³/mol. The molecule has 18 heavy (non-hydrogen) atoms. The number of hydrogen-bond acceptors (Lipinski definition) is 3. The van der Waals surface area contributed by atoms with Crippen molar-refractivity contribution in [3.05, 3.63) is 45.8 Å². The smallest absolute Gasteiger partial charge is 0.252 e. The van der Waals surface area contributed by atoms with Gasteiger partial charge in [-0.1, -0.05) is 0 Å². The topological polar surface area (TPSA) is 83.8 Å². The van der Waals surface area contributed by atoms with Crippen LogP contribution >= 0.6 is 15.9 Å². The van der Waals surface area contributed by atoms with Crippen LogP contribution in [0, 0.1) is 5.82 Å². The van der Waals surface area contributed by atoms with Gasteiger partial charge in [-0.15, -0.1) is 0 Å². The molecule has 1 aromatic carbocycles. The number of nitrogen functional groups attached to an aromatic ring is 1. The normalized spacial score (nSPS) is 10.3. The second-order valence-corrected chi connectivity index (χ2v) is 4.47. The zero-order valence-corrected chi connectivity index (χ0v) is 10.8. The second kappa shape index (κ2) is 5.18. The molecule has 0 aliphatic rings. The number of benzene rings is 1. The van der Waals surface area contributed by atoms with E-state index in [9.17, 15) is 9.18 Å². The lowest BCUT2D eigenvalue weighted by atomic mass is 10.2. The van der Waals surface area contributed by atoms with E-state index in [0.717, 1.165) is 0 Å². The van der Waals surface area contributed by atoms with Crippen molar-refractivity contribution in [1.82, 2.24) is 15.5 Å². The maximum absolute atomic E-state index is 12.9. The number of nitrogens with zero attached hydrogens (tertiary/aromatic N) is 1. The number of nitrogens with two attached hydrogens (primary N) is 1. The van der Waals surface area contributed by atoms with Gasteiger partial charge in [-0.05, 0) is 34.1 Å². The van der Waals surface area contributed by atoms with Gasteiger partial charge < -0.3 is 11.1 Å². The summed E-state index contributed by atoms with van der Waals surface area (Å²) in [5.74, 6) is -0.312. The number of carbonyl (C=O) groups is 1. The van der Waals surface area contributed by atoms with Crippen molar-refractivity contribution >= 4 is 27.7 Å². The molecule has 0 saturated heterocycles. The Morgan fingerprint density at radius 3 is 2.94 bits per heavy atom. The van der Waals surface area contributed by atoms with E-state index < -0.39 is 5.82 Å². The standard InChI is InChI=1S/C11H10BrFN4O/c12-9-3-7(13)1-2-8(9)11(18)15-4-6-5-16-17-10(6)14/h1-3,5H,4H2,(H,15,18)(H3,14,16,17). The van der Waals surface area contributed by atoms with Crippen LogP contribution in [0.3, 0.4) is 0 Å². The van der Waals surface area contributed by atoms with E-state index in [2.05, 4.69) is 31.4 Å². The van der Waals surface area contributed by atoms with Crippen molar-refractivity contribution in [3.8, 4) is 0 Å². The number of hydrogen-bond donors (Lipinski definition) is 3.